The predicted octanol–water partition coefficient (Wildman–Crippen LogP) is -0.531. The van der Waals surface area contributed by atoms with Gasteiger partial charge in [0, 0.05) is 0 Å². The van der Waals surface area contributed by atoms with Crippen LogP contribution >= 0.6 is 11.8 Å². The molecule has 0 aromatic carbocycles. The number of hydrogen-bond acceptors (Lipinski definition) is 4. The first kappa shape index (κ1) is 9.54. The summed E-state index contributed by atoms with van der Waals surface area (Å²) in [5.74, 6) is 0.294. The van der Waals surface area contributed by atoms with E-state index in [1.807, 2.05) is 0 Å². The molecule has 68 valence electrons. The van der Waals surface area contributed by atoms with Crippen LogP contribution in [0.2, 0.25) is 0 Å². The molecule has 0 aliphatic carbocycles. The Labute approximate surface area is 74.9 Å². The van der Waals surface area contributed by atoms with E-state index in [0.29, 0.717) is 11.5 Å². The number of aliphatic hydroxyl groups excluding tert-OH is 1. The van der Waals surface area contributed by atoms with E-state index in [1.54, 1.807) is 6.92 Å². The number of aliphatic hydroxyl groups is 1. The van der Waals surface area contributed by atoms with E-state index in [4.69, 9.17) is 5.11 Å². The molecule has 0 spiro atoms. The fourth-order valence-electron chi connectivity index (χ4n) is 1.08. The number of nitrogens with zero attached hydrogens (tertiary/aromatic N) is 1. The molecule has 0 bridgehead atoms. The summed E-state index contributed by atoms with van der Waals surface area (Å²) in [6.07, 6.45) is 0. The first-order chi connectivity index (χ1) is 5.66. The highest BCUT2D eigenvalue weighted by atomic mass is 32.2. The molecule has 5 heteroatoms. The van der Waals surface area contributed by atoms with Gasteiger partial charge in [-0.15, -0.1) is 11.8 Å². The molecule has 1 N–H and O–H groups in total. The number of carbonyl (C=O) groups excluding carboxylic acids is 2. The van der Waals surface area contributed by atoms with E-state index in [-0.39, 0.29) is 24.5 Å². The van der Waals surface area contributed by atoms with Gasteiger partial charge in [-0.2, -0.15) is 0 Å². The molecule has 0 unspecified atom stereocenters. The number of carbonyl (C=O) groups is 2. The van der Waals surface area contributed by atoms with Gasteiger partial charge >= 0.3 is 0 Å². The molecule has 4 nitrogen and oxygen atoms in total. The molecule has 0 aromatic heterocycles. The van der Waals surface area contributed by atoms with Gasteiger partial charge in [-0.3, -0.25) is 14.5 Å². The molecular weight excluding hydrogens is 178 g/mol. The Morgan fingerprint density at radius 3 is 2.42 bits per heavy atom. The summed E-state index contributed by atoms with van der Waals surface area (Å²) in [5, 5.41) is 8.77. The average Bonchev–Trinajstić information content (AvgIpc) is 2.03. The lowest BCUT2D eigenvalue weighted by Crippen LogP contribution is -2.49. The van der Waals surface area contributed by atoms with Crippen molar-refractivity contribution in [3.63, 3.8) is 0 Å². The molecule has 1 rings (SSSR count). The molecule has 12 heavy (non-hydrogen) atoms. The third-order valence-corrected chi connectivity index (χ3v) is 2.60. The fraction of sp³-hybridized carbons (Fsp3) is 0.714. The topological polar surface area (TPSA) is 57.6 Å². The van der Waals surface area contributed by atoms with E-state index in [0.717, 1.165) is 4.90 Å². The minimum absolute atomic E-state index is 0.165. The number of hydrogen-bond donors (Lipinski definition) is 1. The van der Waals surface area contributed by atoms with Gasteiger partial charge in [0.1, 0.15) is 0 Å². The van der Waals surface area contributed by atoms with Crippen LogP contribution in [0.1, 0.15) is 6.92 Å². The minimum Gasteiger partial charge on any atom is -0.394 e. The van der Waals surface area contributed by atoms with Crippen molar-refractivity contribution >= 4 is 23.6 Å². The molecule has 1 heterocycles. The third-order valence-electron chi connectivity index (χ3n) is 1.69. The molecule has 0 saturated carbocycles. The van der Waals surface area contributed by atoms with Crippen molar-refractivity contribution in [2.45, 2.75) is 13.0 Å². The summed E-state index contributed by atoms with van der Waals surface area (Å²) in [5.41, 5.74) is 0. The van der Waals surface area contributed by atoms with Crippen molar-refractivity contribution in [1.82, 2.24) is 4.90 Å². The largest absolute Gasteiger partial charge is 0.394 e. The van der Waals surface area contributed by atoms with Crippen LogP contribution in [-0.4, -0.2) is 46.0 Å². The monoisotopic (exact) mass is 189 g/mol. The Hall–Kier alpha value is -0.550. The maximum absolute atomic E-state index is 11.2. The predicted molar refractivity (Wildman–Crippen MR) is 45.7 cm³/mol. The van der Waals surface area contributed by atoms with Crippen molar-refractivity contribution in [2.75, 3.05) is 18.1 Å². The van der Waals surface area contributed by atoms with Gasteiger partial charge in [-0.05, 0) is 6.92 Å². The van der Waals surface area contributed by atoms with E-state index in [2.05, 4.69) is 0 Å². The Bertz CT molecular complexity index is 191. The zero-order valence-corrected chi connectivity index (χ0v) is 7.63. The standard InChI is InChI=1S/C7H11NO3S/c1-5(2-9)8-6(10)3-12-4-7(8)11/h5,9H,2-4H2,1H3/t5-/m0/s1. The smallest absolute Gasteiger partial charge is 0.239 e. The molecule has 1 atom stereocenters. The van der Waals surface area contributed by atoms with Crippen molar-refractivity contribution in [3.05, 3.63) is 0 Å². The second-order valence-electron chi connectivity index (χ2n) is 2.68. The van der Waals surface area contributed by atoms with Gasteiger partial charge in [0.05, 0.1) is 24.2 Å². The van der Waals surface area contributed by atoms with Gasteiger partial charge in [-0.1, -0.05) is 0 Å². The molecule has 1 saturated heterocycles. The molecule has 1 aliphatic rings. The van der Waals surface area contributed by atoms with Crippen LogP contribution in [0.4, 0.5) is 0 Å². The highest BCUT2D eigenvalue weighted by molar-refractivity contribution is 8.00. The van der Waals surface area contributed by atoms with Crippen molar-refractivity contribution < 1.29 is 14.7 Å². The lowest BCUT2D eigenvalue weighted by Gasteiger charge is -2.28. The third kappa shape index (κ3) is 1.78. The van der Waals surface area contributed by atoms with Gasteiger partial charge in [0.2, 0.25) is 11.8 Å². The van der Waals surface area contributed by atoms with Gasteiger partial charge in [0.25, 0.3) is 0 Å². The average molecular weight is 189 g/mol. The molecule has 1 fully saturated rings. The van der Waals surface area contributed by atoms with Crippen LogP contribution in [0.3, 0.4) is 0 Å². The summed E-state index contributed by atoms with van der Waals surface area (Å²) >= 11 is 1.32. The zero-order valence-electron chi connectivity index (χ0n) is 6.82. The Kier molecular flexibility index (Phi) is 3.11. The van der Waals surface area contributed by atoms with Crippen LogP contribution in [0.5, 0.6) is 0 Å². The zero-order chi connectivity index (χ0) is 9.14. The molecule has 2 amide bonds. The lowest BCUT2D eigenvalue weighted by molar-refractivity contribution is -0.145. The first-order valence-corrected chi connectivity index (χ1v) is 4.85. The Morgan fingerprint density at radius 2 is 2.00 bits per heavy atom. The van der Waals surface area contributed by atoms with Crippen LogP contribution in [0.15, 0.2) is 0 Å². The van der Waals surface area contributed by atoms with Crippen molar-refractivity contribution in [3.8, 4) is 0 Å². The van der Waals surface area contributed by atoms with E-state index < -0.39 is 0 Å². The second kappa shape index (κ2) is 3.91. The van der Waals surface area contributed by atoms with E-state index >= 15 is 0 Å². The molecule has 0 aromatic rings. The number of imide groups is 1. The summed E-state index contributed by atoms with van der Waals surface area (Å²) in [6.45, 7) is 1.49. The highest BCUT2D eigenvalue weighted by Gasteiger charge is 2.29. The number of thioether (sulfide) groups is 1. The van der Waals surface area contributed by atoms with E-state index in [1.165, 1.54) is 11.8 Å². The maximum Gasteiger partial charge on any atom is 0.239 e. The first-order valence-electron chi connectivity index (χ1n) is 3.70. The van der Waals surface area contributed by atoms with E-state index in [9.17, 15) is 9.59 Å². The summed E-state index contributed by atoms with van der Waals surface area (Å²) < 4.78 is 0. The molecule has 1 aliphatic heterocycles. The second-order valence-corrected chi connectivity index (χ2v) is 3.67. The highest BCUT2D eigenvalue weighted by Crippen LogP contribution is 2.14. The van der Waals surface area contributed by atoms with Crippen LogP contribution in [0.25, 0.3) is 0 Å². The van der Waals surface area contributed by atoms with Crippen molar-refractivity contribution in [2.24, 2.45) is 0 Å². The Morgan fingerprint density at radius 1 is 1.50 bits per heavy atom. The summed E-state index contributed by atoms with van der Waals surface area (Å²) in [7, 11) is 0. The van der Waals surface area contributed by atoms with Crippen molar-refractivity contribution in [1.29, 1.82) is 0 Å². The fourth-order valence-corrected chi connectivity index (χ4v) is 1.81. The van der Waals surface area contributed by atoms with Crippen LogP contribution in [0, 0.1) is 0 Å². The number of rotatable bonds is 2. The Balaban J connectivity index is 2.69. The number of amides is 2. The summed E-state index contributed by atoms with van der Waals surface area (Å²) in [6, 6.07) is -0.383. The normalized spacial score (nSPS) is 21.3. The lowest BCUT2D eigenvalue weighted by atomic mass is 10.3. The van der Waals surface area contributed by atoms with Crippen LogP contribution < -0.4 is 0 Å². The summed E-state index contributed by atoms with van der Waals surface area (Å²) in [4.78, 5) is 23.5. The van der Waals surface area contributed by atoms with Gasteiger partial charge in [0.15, 0.2) is 0 Å². The van der Waals surface area contributed by atoms with Crippen LogP contribution in [-0.2, 0) is 9.59 Å². The molecule has 0 radical (unpaired) electrons. The quantitative estimate of drug-likeness (QED) is 0.593. The van der Waals surface area contributed by atoms with Gasteiger partial charge in [-0.25, -0.2) is 0 Å². The SMILES string of the molecule is C[C@@H](CO)N1C(=O)CSCC1=O. The maximum atomic E-state index is 11.2. The molecular formula is C7H11NO3S. The van der Waals surface area contributed by atoms with Gasteiger partial charge < -0.3 is 5.11 Å². The minimum atomic E-state index is -0.383.